The van der Waals surface area contributed by atoms with Crippen molar-refractivity contribution in [2.24, 2.45) is 5.14 Å². The lowest BCUT2D eigenvalue weighted by Crippen LogP contribution is -2.27. The number of nitrogens with zero attached hydrogens (tertiary/aromatic N) is 1. The molecule has 1 atom stereocenters. The van der Waals surface area contributed by atoms with E-state index in [0.29, 0.717) is 0 Å². The fourth-order valence-corrected chi connectivity index (χ4v) is 4.03. The van der Waals surface area contributed by atoms with Crippen LogP contribution in [0.25, 0.3) is 0 Å². The number of hydrogen-bond donors (Lipinski definition) is 1. The Labute approximate surface area is 118 Å². The summed E-state index contributed by atoms with van der Waals surface area (Å²) in [5.41, 5.74) is 1.21. The minimum atomic E-state index is 0.265. The standard InChI is InChI=1S/C13H20N2OS2/c1-3-5-9-16-10-7-6-8-11-12(10)15(4-2)13(17-11)18-14/h6-8,13H,3-5,9,14H2,1-2H3. The largest absolute Gasteiger partial charge is 0.491 e. The molecule has 100 valence electrons. The summed E-state index contributed by atoms with van der Waals surface area (Å²) in [6.07, 6.45) is 2.25. The maximum absolute atomic E-state index is 5.91. The number of para-hydroxylation sites is 1. The molecule has 1 aliphatic rings. The number of hydrogen-bond acceptors (Lipinski definition) is 5. The van der Waals surface area contributed by atoms with Crippen molar-refractivity contribution in [1.82, 2.24) is 0 Å². The van der Waals surface area contributed by atoms with Gasteiger partial charge in [-0.25, -0.2) is 0 Å². The van der Waals surface area contributed by atoms with Crippen LogP contribution in [-0.4, -0.2) is 17.9 Å². The summed E-state index contributed by atoms with van der Waals surface area (Å²) in [5, 5.41) is 5.76. The Kier molecular flexibility index (Phi) is 5.09. The molecule has 1 aromatic carbocycles. The molecule has 2 N–H and O–H groups in total. The van der Waals surface area contributed by atoms with Crippen LogP contribution in [-0.2, 0) is 0 Å². The Morgan fingerprint density at radius 2 is 2.28 bits per heavy atom. The van der Waals surface area contributed by atoms with E-state index in [9.17, 15) is 0 Å². The lowest BCUT2D eigenvalue weighted by Gasteiger charge is -2.24. The molecule has 1 aliphatic heterocycles. The molecule has 18 heavy (non-hydrogen) atoms. The molecule has 0 saturated carbocycles. The Hall–Kier alpha value is -0.520. The van der Waals surface area contributed by atoms with Gasteiger partial charge in [-0.3, -0.25) is 5.14 Å². The van der Waals surface area contributed by atoms with Crippen LogP contribution in [0, 0.1) is 0 Å². The van der Waals surface area contributed by atoms with E-state index < -0.39 is 0 Å². The summed E-state index contributed by atoms with van der Waals surface area (Å²) < 4.78 is 6.17. The van der Waals surface area contributed by atoms with Gasteiger partial charge in [-0.05, 0) is 37.4 Å². The lowest BCUT2D eigenvalue weighted by atomic mass is 10.2. The van der Waals surface area contributed by atoms with Crippen molar-refractivity contribution in [3.63, 3.8) is 0 Å². The van der Waals surface area contributed by atoms with Gasteiger partial charge >= 0.3 is 0 Å². The zero-order valence-corrected chi connectivity index (χ0v) is 12.5. The number of benzene rings is 1. The Balaban J connectivity index is 2.21. The van der Waals surface area contributed by atoms with Gasteiger partial charge in [-0.15, -0.1) is 0 Å². The Morgan fingerprint density at radius 1 is 1.44 bits per heavy atom. The van der Waals surface area contributed by atoms with Gasteiger partial charge in [0.25, 0.3) is 0 Å². The van der Waals surface area contributed by atoms with Crippen molar-refractivity contribution in [2.75, 3.05) is 18.1 Å². The van der Waals surface area contributed by atoms with Crippen LogP contribution >= 0.6 is 23.7 Å². The van der Waals surface area contributed by atoms with Crippen molar-refractivity contribution >= 4 is 29.4 Å². The molecule has 0 aromatic heterocycles. The highest BCUT2D eigenvalue weighted by Gasteiger charge is 2.31. The Bertz CT molecular complexity index is 401. The molecular formula is C13H20N2OS2. The van der Waals surface area contributed by atoms with Gasteiger partial charge in [0.1, 0.15) is 10.5 Å². The number of fused-ring (bicyclic) bond motifs is 1. The minimum Gasteiger partial charge on any atom is -0.491 e. The molecule has 0 saturated heterocycles. The van der Waals surface area contributed by atoms with Gasteiger partial charge in [0, 0.05) is 11.4 Å². The van der Waals surface area contributed by atoms with Crippen molar-refractivity contribution in [1.29, 1.82) is 0 Å². The normalized spacial score (nSPS) is 17.9. The van der Waals surface area contributed by atoms with Crippen LogP contribution in [0.2, 0.25) is 0 Å². The van der Waals surface area contributed by atoms with E-state index in [0.717, 1.165) is 31.7 Å². The first-order chi connectivity index (χ1) is 8.81. The van der Waals surface area contributed by atoms with Gasteiger partial charge < -0.3 is 9.64 Å². The molecule has 0 spiro atoms. The summed E-state index contributed by atoms with van der Waals surface area (Å²) in [6, 6.07) is 6.26. The van der Waals surface area contributed by atoms with Gasteiger partial charge in [-0.1, -0.05) is 31.2 Å². The monoisotopic (exact) mass is 284 g/mol. The first kappa shape index (κ1) is 13.9. The SMILES string of the molecule is CCCCOc1cccc2c1N(CC)C(SN)S2. The van der Waals surface area contributed by atoms with E-state index in [1.165, 1.54) is 22.5 Å². The van der Waals surface area contributed by atoms with Gasteiger partial charge in [0.15, 0.2) is 0 Å². The van der Waals surface area contributed by atoms with Gasteiger partial charge in [0.2, 0.25) is 0 Å². The fourth-order valence-electron chi connectivity index (χ4n) is 2.01. The molecule has 1 aromatic rings. The number of thioether (sulfide) groups is 1. The highest BCUT2D eigenvalue weighted by molar-refractivity contribution is 8.16. The third-order valence-electron chi connectivity index (χ3n) is 2.94. The summed E-state index contributed by atoms with van der Waals surface area (Å²) in [5.74, 6) is 0.992. The molecule has 3 nitrogen and oxygen atoms in total. The number of nitrogens with two attached hydrogens (primary N) is 1. The zero-order valence-electron chi connectivity index (χ0n) is 10.9. The summed E-state index contributed by atoms with van der Waals surface area (Å²) >= 11 is 3.20. The molecule has 2 rings (SSSR count). The highest BCUT2D eigenvalue weighted by atomic mass is 32.2. The fraction of sp³-hybridized carbons (Fsp3) is 0.538. The van der Waals surface area contributed by atoms with Crippen LogP contribution in [0.15, 0.2) is 23.1 Å². The van der Waals surface area contributed by atoms with E-state index in [-0.39, 0.29) is 4.71 Å². The van der Waals surface area contributed by atoms with Gasteiger partial charge in [-0.2, -0.15) is 0 Å². The number of anilines is 1. The number of rotatable bonds is 6. The lowest BCUT2D eigenvalue weighted by molar-refractivity contribution is 0.309. The van der Waals surface area contributed by atoms with Crippen LogP contribution in [0.5, 0.6) is 5.75 Å². The molecule has 0 amide bonds. The second-order valence-corrected chi connectivity index (χ2v) is 6.29. The quantitative estimate of drug-likeness (QED) is 0.637. The van der Waals surface area contributed by atoms with E-state index in [1.807, 2.05) is 0 Å². The molecule has 0 aliphatic carbocycles. The second kappa shape index (κ2) is 6.59. The summed E-state index contributed by atoms with van der Waals surface area (Å²) in [6.45, 7) is 6.06. The average Bonchev–Trinajstić information content (AvgIpc) is 2.77. The smallest absolute Gasteiger partial charge is 0.143 e. The molecule has 0 bridgehead atoms. The molecular weight excluding hydrogens is 264 g/mol. The van der Waals surface area contributed by atoms with E-state index >= 15 is 0 Å². The molecule has 0 fully saturated rings. The third kappa shape index (κ3) is 2.73. The van der Waals surface area contributed by atoms with Crippen LogP contribution < -0.4 is 14.8 Å². The van der Waals surface area contributed by atoms with E-state index in [2.05, 4.69) is 36.9 Å². The van der Waals surface area contributed by atoms with Crippen molar-refractivity contribution in [3.8, 4) is 5.75 Å². The first-order valence-corrected chi connectivity index (χ1v) is 8.18. The van der Waals surface area contributed by atoms with Crippen molar-refractivity contribution in [3.05, 3.63) is 18.2 Å². The molecule has 5 heteroatoms. The molecule has 1 unspecified atom stereocenters. The average molecular weight is 284 g/mol. The van der Waals surface area contributed by atoms with Gasteiger partial charge in [0.05, 0.1) is 12.3 Å². The number of ether oxygens (including phenoxy) is 1. The predicted molar refractivity (Wildman–Crippen MR) is 81.3 cm³/mol. The van der Waals surface area contributed by atoms with Crippen molar-refractivity contribution in [2.45, 2.75) is 36.3 Å². The van der Waals surface area contributed by atoms with Crippen LogP contribution in [0.1, 0.15) is 26.7 Å². The van der Waals surface area contributed by atoms with Crippen molar-refractivity contribution < 1.29 is 4.74 Å². The third-order valence-corrected chi connectivity index (χ3v) is 5.09. The summed E-state index contributed by atoms with van der Waals surface area (Å²) in [7, 11) is 0. The highest BCUT2D eigenvalue weighted by Crippen LogP contribution is 2.50. The first-order valence-electron chi connectivity index (χ1n) is 6.36. The number of unbranched alkanes of at least 4 members (excludes halogenated alkanes) is 1. The van der Waals surface area contributed by atoms with E-state index in [1.54, 1.807) is 11.8 Å². The summed E-state index contributed by atoms with van der Waals surface area (Å²) in [4.78, 5) is 3.58. The maximum atomic E-state index is 5.91. The molecule has 1 heterocycles. The van der Waals surface area contributed by atoms with Crippen LogP contribution in [0.4, 0.5) is 5.69 Å². The van der Waals surface area contributed by atoms with E-state index in [4.69, 9.17) is 9.88 Å². The molecule has 0 radical (unpaired) electrons. The zero-order chi connectivity index (χ0) is 13.0. The second-order valence-electron chi connectivity index (χ2n) is 4.15. The van der Waals surface area contributed by atoms with Crippen LogP contribution in [0.3, 0.4) is 0 Å². The minimum absolute atomic E-state index is 0.265. The maximum Gasteiger partial charge on any atom is 0.143 e. The Morgan fingerprint density at radius 3 is 2.94 bits per heavy atom. The predicted octanol–water partition coefficient (Wildman–Crippen LogP) is 3.69. The topological polar surface area (TPSA) is 38.5 Å².